The number of carbonyl (C=O) groups excluding carboxylic acids is 1. The highest BCUT2D eigenvalue weighted by Crippen LogP contribution is 2.27. The number of hydroxylamine groups is 2. The lowest BCUT2D eigenvalue weighted by Gasteiger charge is -2.26. The van der Waals surface area contributed by atoms with Crippen LogP contribution in [0.4, 0.5) is 5.69 Å². The fourth-order valence-electron chi connectivity index (χ4n) is 1.84. The summed E-state index contributed by atoms with van der Waals surface area (Å²) in [6.45, 7) is 1.19. The Morgan fingerprint density at radius 2 is 2.29 bits per heavy atom. The highest BCUT2D eigenvalue weighted by atomic mass is 16.7. The second-order valence-corrected chi connectivity index (χ2v) is 3.88. The van der Waals surface area contributed by atoms with E-state index in [4.69, 9.17) is 15.3 Å². The number of carbonyl (C=O) groups is 1. The Morgan fingerprint density at radius 3 is 2.94 bits per heavy atom. The molecule has 92 valence electrons. The van der Waals surface area contributed by atoms with Crippen LogP contribution in [0.1, 0.15) is 23.2 Å². The summed E-state index contributed by atoms with van der Waals surface area (Å²) in [4.78, 5) is 17.5. The lowest BCUT2D eigenvalue weighted by molar-refractivity contribution is -0.144. The van der Waals surface area contributed by atoms with Crippen molar-refractivity contribution < 1.29 is 14.4 Å². The van der Waals surface area contributed by atoms with Crippen LogP contribution in [0.5, 0.6) is 5.75 Å². The van der Waals surface area contributed by atoms with Crippen molar-refractivity contribution in [1.29, 1.82) is 0 Å². The summed E-state index contributed by atoms with van der Waals surface area (Å²) in [5, 5.41) is 1.38. The number of amides is 1. The molecule has 1 fully saturated rings. The molecule has 1 heterocycles. The molecule has 2 rings (SSSR count). The minimum atomic E-state index is -0.200. The Labute approximate surface area is 100 Å². The minimum Gasteiger partial charge on any atom is -0.494 e. The molecule has 0 spiro atoms. The van der Waals surface area contributed by atoms with Crippen molar-refractivity contribution >= 4 is 11.6 Å². The largest absolute Gasteiger partial charge is 0.494 e. The summed E-state index contributed by atoms with van der Waals surface area (Å²) >= 11 is 0. The Hall–Kier alpha value is -1.75. The van der Waals surface area contributed by atoms with Crippen molar-refractivity contribution in [3.63, 3.8) is 0 Å². The molecule has 2 N–H and O–H groups in total. The van der Waals surface area contributed by atoms with Gasteiger partial charge in [0.25, 0.3) is 5.91 Å². The highest BCUT2D eigenvalue weighted by molar-refractivity contribution is 5.98. The predicted octanol–water partition coefficient (Wildman–Crippen LogP) is 1.45. The number of nitrogens with zero attached hydrogens (tertiary/aromatic N) is 1. The fraction of sp³-hybridized carbons (Fsp3) is 0.417. The molecule has 1 aromatic rings. The van der Waals surface area contributed by atoms with Crippen LogP contribution in [0.25, 0.3) is 0 Å². The van der Waals surface area contributed by atoms with Gasteiger partial charge in [-0.3, -0.25) is 9.63 Å². The SMILES string of the molecule is COc1c(N)cccc1C(=O)N1CCCCO1. The van der Waals surface area contributed by atoms with Gasteiger partial charge in [0, 0.05) is 6.54 Å². The van der Waals surface area contributed by atoms with Crippen LogP contribution in [0, 0.1) is 0 Å². The molecule has 0 unspecified atom stereocenters. The fourth-order valence-corrected chi connectivity index (χ4v) is 1.84. The smallest absolute Gasteiger partial charge is 0.281 e. The van der Waals surface area contributed by atoms with Crippen LogP contribution in [0.2, 0.25) is 0 Å². The number of hydrogen-bond acceptors (Lipinski definition) is 4. The third kappa shape index (κ3) is 2.34. The maximum atomic E-state index is 12.2. The third-order valence-electron chi connectivity index (χ3n) is 2.71. The molecule has 1 saturated heterocycles. The molecule has 0 saturated carbocycles. The Kier molecular flexibility index (Phi) is 3.49. The topological polar surface area (TPSA) is 64.8 Å². The molecule has 0 bridgehead atoms. The van der Waals surface area contributed by atoms with Gasteiger partial charge < -0.3 is 10.5 Å². The first-order chi connectivity index (χ1) is 8.24. The highest BCUT2D eigenvalue weighted by Gasteiger charge is 2.23. The number of rotatable bonds is 2. The summed E-state index contributed by atoms with van der Waals surface area (Å²) in [6.07, 6.45) is 1.94. The average molecular weight is 236 g/mol. The van der Waals surface area contributed by atoms with Crippen LogP contribution in [0.15, 0.2) is 18.2 Å². The van der Waals surface area contributed by atoms with E-state index in [-0.39, 0.29) is 5.91 Å². The van der Waals surface area contributed by atoms with E-state index in [1.165, 1.54) is 12.2 Å². The summed E-state index contributed by atoms with van der Waals surface area (Å²) in [5.74, 6) is 0.209. The normalized spacial score (nSPS) is 15.7. The second kappa shape index (κ2) is 5.05. The number of ether oxygens (including phenoxy) is 1. The molecule has 1 aliphatic heterocycles. The summed E-state index contributed by atoms with van der Waals surface area (Å²) in [5.41, 5.74) is 6.66. The van der Waals surface area contributed by atoms with Crippen molar-refractivity contribution in [3.05, 3.63) is 23.8 Å². The Bertz CT molecular complexity index is 414. The Morgan fingerprint density at radius 1 is 1.47 bits per heavy atom. The lowest BCUT2D eigenvalue weighted by atomic mass is 10.1. The number of nitrogen functional groups attached to an aromatic ring is 1. The molecule has 1 aliphatic rings. The van der Waals surface area contributed by atoms with E-state index < -0.39 is 0 Å². The van der Waals surface area contributed by atoms with Gasteiger partial charge in [-0.1, -0.05) is 6.07 Å². The molecular formula is C12H16N2O3. The standard InChI is InChI=1S/C12H16N2O3/c1-16-11-9(5-4-6-10(11)13)12(15)14-7-2-3-8-17-14/h4-6H,2-3,7-8,13H2,1H3. The molecule has 17 heavy (non-hydrogen) atoms. The third-order valence-corrected chi connectivity index (χ3v) is 2.71. The van der Waals surface area contributed by atoms with Crippen LogP contribution < -0.4 is 10.5 Å². The molecule has 1 aromatic carbocycles. The molecule has 0 radical (unpaired) electrons. The van der Waals surface area contributed by atoms with Gasteiger partial charge in [-0.05, 0) is 25.0 Å². The van der Waals surface area contributed by atoms with Crippen molar-refractivity contribution in [2.24, 2.45) is 0 Å². The first-order valence-corrected chi connectivity index (χ1v) is 5.61. The first-order valence-electron chi connectivity index (χ1n) is 5.61. The number of hydrogen-bond donors (Lipinski definition) is 1. The van der Waals surface area contributed by atoms with Crippen molar-refractivity contribution in [1.82, 2.24) is 5.06 Å². The number of nitrogens with two attached hydrogens (primary N) is 1. The number of methoxy groups -OCH3 is 1. The monoisotopic (exact) mass is 236 g/mol. The number of para-hydroxylation sites is 1. The first kappa shape index (κ1) is 11.7. The average Bonchev–Trinajstić information content (AvgIpc) is 2.38. The van der Waals surface area contributed by atoms with Gasteiger partial charge in [0.15, 0.2) is 5.75 Å². The van der Waals surface area contributed by atoms with Gasteiger partial charge in [0.1, 0.15) is 0 Å². The van der Waals surface area contributed by atoms with E-state index in [9.17, 15) is 4.79 Å². The summed E-state index contributed by atoms with van der Waals surface area (Å²) < 4.78 is 5.16. The second-order valence-electron chi connectivity index (χ2n) is 3.88. The van der Waals surface area contributed by atoms with Gasteiger partial charge in [-0.25, -0.2) is 5.06 Å². The van der Waals surface area contributed by atoms with E-state index in [1.807, 2.05) is 0 Å². The van der Waals surface area contributed by atoms with Crippen LogP contribution in [-0.4, -0.2) is 31.2 Å². The molecule has 5 heteroatoms. The van der Waals surface area contributed by atoms with Crippen molar-refractivity contribution in [2.75, 3.05) is 26.0 Å². The van der Waals surface area contributed by atoms with Crippen LogP contribution >= 0.6 is 0 Å². The van der Waals surface area contributed by atoms with E-state index in [0.717, 1.165) is 12.8 Å². The number of anilines is 1. The zero-order chi connectivity index (χ0) is 12.3. The predicted molar refractivity (Wildman–Crippen MR) is 63.6 cm³/mol. The van der Waals surface area contributed by atoms with Crippen molar-refractivity contribution in [2.45, 2.75) is 12.8 Å². The summed E-state index contributed by atoms with van der Waals surface area (Å²) in [7, 11) is 1.50. The molecule has 0 atom stereocenters. The van der Waals surface area contributed by atoms with Gasteiger partial charge in [0.2, 0.25) is 0 Å². The Balaban J connectivity index is 2.26. The van der Waals surface area contributed by atoms with Crippen LogP contribution in [0.3, 0.4) is 0 Å². The van der Waals surface area contributed by atoms with E-state index in [2.05, 4.69) is 0 Å². The maximum absolute atomic E-state index is 12.2. The van der Waals surface area contributed by atoms with E-state index >= 15 is 0 Å². The van der Waals surface area contributed by atoms with Gasteiger partial charge in [0.05, 0.1) is 25.0 Å². The van der Waals surface area contributed by atoms with Crippen molar-refractivity contribution in [3.8, 4) is 5.75 Å². The molecule has 0 aliphatic carbocycles. The zero-order valence-electron chi connectivity index (χ0n) is 9.81. The van der Waals surface area contributed by atoms with E-state index in [1.54, 1.807) is 18.2 Å². The maximum Gasteiger partial charge on any atom is 0.281 e. The number of benzene rings is 1. The van der Waals surface area contributed by atoms with Gasteiger partial charge >= 0.3 is 0 Å². The summed E-state index contributed by atoms with van der Waals surface area (Å²) in [6, 6.07) is 5.12. The molecule has 1 amide bonds. The van der Waals surface area contributed by atoms with Gasteiger partial charge in [-0.15, -0.1) is 0 Å². The molecule has 5 nitrogen and oxygen atoms in total. The molecule has 0 aromatic heterocycles. The van der Waals surface area contributed by atoms with Crippen LogP contribution in [-0.2, 0) is 4.84 Å². The van der Waals surface area contributed by atoms with Gasteiger partial charge in [-0.2, -0.15) is 0 Å². The lowest BCUT2D eigenvalue weighted by Crippen LogP contribution is -2.36. The van der Waals surface area contributed by atoms with E-state index in [0.29, 0.717) is 30.2 Å². The minimum absolute atomic E-state index is 0.200. The quantitative estimate of drug-likeness (QED) is 0.789. The zero-order valence-corrected chi connectivity index (χ0v) is 9.81. The molecular weight excluding hydrogens is 220 g/mol.